The molecule has 1 rings (SSSR count). The van der Waals surface area contributed by atoms with Gasteiger partial charge in [0.1, 0.15) is 11.2 Å². The summed E-state index contributed by atoms with van der Waals surface area (Å²) in [5.41, 5.74) is 0. The summed E-state index contributed by atoms with van der Waals surface area (Å²) in [5, 5.41) is 0. The Morgan fingerprint density at radius 3 is 2.40 bits per heavy atom. The molecule has 56 valence electrons. The molecule has 0 saturated heterocycles. The third-order valence-electron chi connectivity index (χ3n) is 0.825. The van der Waals surface area contributed by atoms with E-state index < -0.39 is 9.05 Å². The first-order chi connectivity index (χ1) is 4.50. The Hall–Kier alpha value is -0.000000000000000111. The van der Waals surface area contributed by atoms with Crippen molar-refractivity contribution in [2.24, 2.45) is 0 Å². The van der Waals surface area contributed by atoms with Gasteiger partial charge in [-0.3, -0.25) is 0 Å². The van der Waals surface area contributed by atoms with E-state index in [1.165, 1.54) is 6.07 Å². The maximum absolute atomic E-state index is 10.5. The lowest BCUT2D eigenvalue weighted by Gasteiger charge is -1.82. The molecule has 0 saturated carbocycles. The molecular formula is C4H2BrClO3S. The molecule has 0 N–H and O–H groups in total. The molecule has 0 aromatic carbocycles. The van der Waals surface area contributed by atoms with Gasteiger partial charge >= 0.3 is 0 Å². The molecular weight excluding hydrogens is 243 g/mol. The minimum atomic E-state index is -3.63. The van der Waals surface area contributed by atoms with Crippen LogP contribution in [0.4, 0.5) is 0 Å². The van der Waals surface area contributed by atoms with Crippen LogP contribution < -0.4 is 0 Å². The third-order valence-corrected chi connectivity index (χ3v) is 2.55. The van der Waals surface area contributed by atoms with Crippen LogP contribution in [0.25, 0.3) is 0 Å². The van der Waals surface area contributed by atoms with Crippen molar-refractivity contribution >= 4 is 35.7 Å². The third kappa shape index (κ3) is 1.74. The number of rotatable bonds is 1. The van der Waals surface area contributed by atoms with Crippen molar-refractivity contribution in [3.8, 4) is 0 Å². The normalized spacial score (nSPS) is 11.8. The van der Waals surface area contributed by atoms with Crippen molar-refractivity contribution < 1.29 is 12.8 Å². The van der Waals surface area contributed by atoms with Crippen molar-refractivity contribution in [3.05, 3.63) is 17.0 Å². The van der Waals surface area contributed by atoms with Gasteiger partial charge < -0.3 is 4.42 Å². The van der Waals surface area contributed by atoms with Gasteiger partial charge in [-0.25, -0.2) is 8.42 Å². The Kier molecular flexibility index (Phi) is 2.07. The fourth-order valence-corrected chi connectivity index (χ4v) is 1.57. The lowest BCUT2D eigenvalue weighted by atomic mass is 10.7. The number of halogens is 2. The van der Waals surface area contributed by atoms with Gasteiger partial charge in [0, 0.05) is 16.7 Å². The lowest BCUT2D eigenvalue weighted by Crippen LogP contribution is -1.84. The van der Waals surface area contributed by atoms with Crippen LogP contribution in [-0.4, -0.2) is 8.42 Å². The summed E-state index contributed by atoms with van der Waals surface area (Å²) in [6.07, 6.45) is 1.06. The van der Waals surface area contributed by atoms with Crippen molar-refractivity contribution in [1.29, 1.82) is 0 Å². The van der Waals surface area contributed by atoms with Crippen LogP contribution in [0.3, 0.4) is 0 Å². The van der Waals surface area contributed by atoms with Crippen molar-refractivity contribution in [2.75, 3.05) is 0 Å². The van der Waals surface area contributed by atoms with Crippen LogP contribution in [0.15, 0.2) is 26.3 Å². The van der Waals surface area contributed by atoms with Gasteiger partial charge in [0.05, 0.1) is 0 Å². The molecule has 0 aliphatic heterocycles. The van der Waals surface area contributed by atoms with Gasteiger partial charge in [-0.2, -0.15) is 0 Å². The summed E-state index contributed by atoms with van der Waals surface area (Å²) in [5.74, 6) is 0. The molecule has 0 fully saturated rings. The molecule has 6 heteroatoms. The van der Waals surface area contributed by atoms with Gasteiger partial charge in [0.25, 0.3) is 9.05 Å². The van der Waals surface area contributed by atoms with Crippen molar-refractivity contribution in [3.63, 3.8) is 0 Å². The maximum Gasteiger partial charge on any atom is 0.264 e. The number of hydrogen-bond donors (Lipinski definition) is 0. The van der Waals surface area contributed by atoms with Gasteiger partial charge in [0.2, 0.25) is 0 Å². The zero-order chi connectivity index (χ0) is 7.78. The van der Waals surface area contributed by atoms with Gasteiger partial charge in [-0.05, 0) is 15.9 Å². The minimum Gasteiger partial charge on any atom is -0.456 e. The first-order valence-corrected chi connectivity index (χ1v) is 5.29. The summed E-state index contributed by atoms with van der Waals surface area (Å²) in [4.78, 5) is -0.0407. The van der Waals surface area contributed by atoms with Crippen LogP contribution in [0, 0.1) is 0 Å². The average Bonchev–Trinajstić information content (AvgIpc) is 2.11. The summed E-state index contributed by atoms with van der Waals surface area (Å²) in [6, 6.07) is 1.28. The Balaban J connectivity index is 3.21. The minimum absolute atomic E-state index is 0.0407. The van der Waals surface area contributed by atoms with Crippen LogP contribution in [0.5, 0.6) is 0 Å². The van der Waals surface area contributed by atoms with Gasteiger partial charge in [-0.15, -0.1) is 0 Å². The molecule has 3 nitrogen and oxygen atoms in total. The zero-order valence-electron chi connectivity index (χ0n) is 4.54. The lowest BCUT2D eigenvalue weighted by molar-refractivity contribution is 0.534. The summed E-state index contributed by atoms with van der Waals surface area (Å²) >= 11 is 2.93. The van der Waals surface area contributed by atoms with E-state index in [9.17, 15) is 8.42 Å². The molecule has 0 amide bonds. The fraction of sp³-hybridized carbons (Fsp3) is 0. The van der Waals surface area contributed by atoms with E-state index in [0.717, 1.165) is 6.26 Å². The number of furan rings is 1. The van der Waals surface area contributed by atoms with Crippen LogP contribution in [0.1, 0.15) is 0 Å². The fourth-order valence-electron chi connectivity index (χ4n) is 0.422. The Bertz CT molecular complexity index is 328. The molecule has 0 unspecified atom stereocenters. The molecule has 1 aromatic heterocycles. The molecule has 0 bridgehead atoms. The quantitative estimate of drug-likeness (QED) is 0.711. The zero-order valence-corrected chi connectivity index (χ0v) is 7.70. The molecule has 10 heavy (non-hydrogen) atoms. The van der Waals surface area contributed by atoms with Crippen LogP contribution in [0.2, 0.25) is 0 Å². The molecule has 0 aliphatic carbocycles. The standard InChI is InChI=1S/C4H2BrClO3S/c5-4-1-3(2-9-4)10(6,7)8/h1-2H. The second-order valence-corrected chi connectivity index (χ2v) is 4.87. The smallest absolute Gasteiger partial charge is 0.264 e. The van der Waals surface area contributed by atoms with Gasteiger partial charge in [0.15, 0.2) is 4.67 Å². The summed E-state index contributed by atoms with van der Waals surface area (Å²) < 4.78 is 26.0. The highest BCUT2D eigenvalue weighted by Crippen LogP contribution is 2.21. The first kappa shape index (κ1) is 8.10. The van der Waals surface area contributed by atoms with Gasteiger partial charge in [-0.1, -0.05) is 0 Å². The average molecular weight is 245 g/mol. The molecule has 0 spiro atoms. The predicted molar refractivity (Wildman–Crippen MR) is 39.4 cm³/mol. The maximum atomic E-state index is 10.5. The van der Waals surface area contributed by atoms with E-state index in [0.29, 0.717) is 4.67 Å². The monoisotopic (exact) mass is 244 g/mol. The number of hydrogen-bond acceptors (Lipinski definition) is 3. The van der Waals surface area contributed by atoms with Crippen molar-refractivity contribution in [1.82, 2.24) is 0 Å². The van der Waals surface area contributed by atoms with Crippen LogP contribution >= 0.6 is 26.6 Å². The van der Waals surface area contributed by atoms with E-state index in [1.54, 1.807) is 0 Å². The second kappa shape index (κ2) is 2.56. The second-order valence-electron chi connectivity index (χ2n) is 1.52. The molecule has 0 atom stereocenters. The first-order valence-electron chi connectivity index (χ1n) is 2.19. The molecule has 1 heterocycles. The molecule has 0 aliphatic rings. The van der Waals surface area contributed by atoms with Crippen molar-refractivity contribution in [2.45, 2.75) is 4.90 Å². The van der Waals surface area contributed by atoms with E-state index >= 15 is 0 Å². The summed E-state index contributed by atoms with van der Waals surface area (Å²) in [6.45, 7) is 0. The Morgan fingerprint density at radius 2 is 2.20 bits per heavy atom. The van der Waals surface area contributed by atoms with E-state index in [2.05, 4.69) is 20.3 Å². The SMILES string of the molecule is O=S(=O)(Cl)c1coc(Br)c1. The summed E-state index contributed by atoms with van der Waals surface area (Å²) in [7, 11) is 1.33. The van der Waals surface area contributed by atoms with E-state index in [-0.39, 0.29) is 4.90 Å². The van der Waals surface area contributed by atoms with Crippen LogP contribution in [-0.2, 0) is 9.05 Å². The van der Waals surface area contributed by atoms with E-state index in [1.807, 2.05) is 0 Å². The van der Waals surface area contributed by atoms with E-state index in [4.69, 9.17) is 10.7 Å². The highest BCUT2D eigenvalue weighted by molar-refractivity contribution is 9.10. The highest BCUT2D eigenvalue weighted by atomic mass is 79.9. The Morgan fingerprint density at radius 1 is 1.60 bits per heavy atom. The highest BCUT2D eigenvalue weighted by Gasteiger charge is 2.12. The molecule has 0 radical (unpaired) electrons. The molecule has 1 aromatic rings. The predicted octanol–water partition coefficient (Wildman–Crippen LogP) is 1.97. The topological polar surface area (TPSA) is 47.3 Å². The Labute approximate surface area is 70.5 Å². The largest absolute Gasteiger partial charge is 0.456 e.